The van der Waals surface area contributed by atoms with Gasteiger partial charge in [-0.2, -0.15) is 0 Å². The number of carbonyl (C=O) groups is 3. The maximum Gasteiger partial charge on any atom is 0.414 e. The highest BCUT2D eigenvalue weighted by Gasteiger charge is 2.17. The number of rotatable bonds is 14. The number of carboxylic acid groups (broad SMARTS) is 2. The molecule has 40 heavy (non-hydrogen) atoms. The summed E-state index contributed by atoms with van der Waals surface area (Å²) in [6.45, 7) is 4.43. The van der Waals surface area contributed by atoms with E-state index in [2.05, 4.69) is 73.5 Å². The van der Waals surface area contributed by atoms with Crippen LogP contribution in [0.1, 0.15) is 81.4 Å². The first kappa shape index (κ1) is 33.1. The number of thioether (sulfide) groups is 1. The van der Waals surface area contributed by atoms with E-state index in [0.29, 0.717) is 13.0 Å². The summed E-state index contributed by atoms with van der Waals surface area (Å²) in [6, 6.07) is 17.5. The van der Waals surface area contributed by atoms with E-state index in [1.165, 1.54) is 59.3 Å². The number of carboxylic acids is 2. The molecule has 0 amide bonds. The molecular weight excluding hydrogens is 526 g/mol. The van der Waals surface area contributed by atoms with Gasteiger partial charge >= 0.3 is 17.9 Å². The summed E-state index contributed by atoms with van der Waals surface area (Å²) in [7, 11) is 2.10. The second-order valence-corrected chi connectivity index (χ2v) is 10.9. The molecule has 2 N–H and O–H groups in total. The molecule has 1 heterocycles. The Balaban J connectivity index is 0.000000840. The average molecular weight is 570 g/mol. The van der Waals surface area contributed by atoms with Crippen LogP contribution < -0.4 is 0 Å². The number of unbranched alkanes of at least 4 members (excludes halogenated alkanes) is 6. The topological polar surface area (TPSA) is 104 Å². The van der Waals surface area contributed by atoms with E-state index < -0.39 is 11.9 Å². The second kappa shape index (κ2) is 19.1. The Morgan fingerprint density at radius 3 is 2.20 bits per heavy atom. The Morgan fingerprint density at radius 1 is 0.875 bits per heavy atom. The zero-order valence-corrected chi connectivity index (χ0v) is 24.6. The lowest BCUT2D eigenvalue weighted by molar-refractivity contribution is -0.159. The predicted octanol–water partition coefficient (Wildman–Crippen LogP) is 6.89. The molecule has 2 aromatic carbocycles. The lowest BCUT2D eigenvalue weighted by atomic mass is 9.93. The first-order valence-electron chi connectivity index (χ1n) is 14.1. The van der Waals surface area contributed by atoms with Crippen LogP contribution in [0.2, 0.25) is 0 Å². The van der Waals surface area contributed by atoms with Crippen LogP contribution in [0.25, 0.3) is 5.57 Å². The van der Waals surface area contributed by atoms with Crippen molar-refractivity contribution in [2.75, 3.05) is 26.7 Å². The van der Waals surface area contributed by atoms with Gasteiger partial charge in [0.2, 0.25) is 0 Å². The van der Waals surface area contributed by atoms with Crippen molar-refractivity contribution in [2.24, 2.45) is 0 Å². The SMILES string of the molecule is CCCCCCCCCC(=O)OCCN(C)CC/C=C1/c2ccccc2CSc2ccccc21.O=C(O)C(=O)O. The molecule has 0 unspecified atom stereocenters. The number of benzene rings is 2. The molecule has 8 heteroatoms. The zero-order chi connectivity index (χ0) is 29.2. The molecule has 0 radical (unpaired) electrons. The number of fused-ring (bicyclic) bond motifs is 2. The van der Waals surface area contributed by atoms with Crippen molar-refractivity contribution < 1.29 is 29.3 Å². The third-order valence-electron chi connectivity index (χ3n) is 6.63. The fraction of sp³-hybridized carbons (Fsp3) is 0.469. The van der Waals surface area contributed by atoms with Gasteiger partial charge in [0.15, 0.2) is 0 Å². The van der Waals surface area contributed by atoms with Crippen molar-refractivity contribution in [3.63, 3.8) is 0 Å². The lowest BCUT2D eigenvalue weighted by Gasteiger charge is -2.16. The number of aliphatic carboxylic acids is 2. The van der Waals surface area contributed by atoms with Gasteiger partial charge in [0.25, 0.3) is 0 Å². The largest absolute Gasteiger partial charge is 0.473 e. The second-order valence-electron chi connectivity index (χ2n) is 9.85. The van der Waals surface area contributed by atoms with Crippen molar-refractivity contribution in [1.82, 2.24) is 4.90 Å². The van der Waals surface area contributed by atoms with Gasteiger partial charge in [-0.3, -0.25) is 4.79 Å². The maximum atomic E-state index is 12.0. The van der Waals surface area contributed by atoms with Gasteiger partial charge in [-0.1, -0.05) is 94.0 Å². The highest BCUT2D eigenvalue weighted by atomic mass is 32.2. The highest BCUT2D eigenvalue weighted by Crippen LogP contribution is 2.40. The van der Waals surface area contributed by atoms with Crippen LogP contribution in [0.3, 0.4) is 0 Å². The van der Waals surface area contributed by atoms with Gasteiger partial charge in [-0.15, -0.1) is 11.8 Å². The van der Waals surface area contributed by atoms with E-state index in [-0.39, 0.29) is 5.97 Å². The van der Waals surface area contributed by atoms with E-state index in [1.807, 2.05) is 11.8 Å². The van der Waals surface area contributed by atoms with Gasteiger partial charge in [-0.05, 0) is 48.2 Å². The molecule has 0 aromatic heterocycles. The summed E-state index contributed by atoms with van der Waals surface area (Å²) < 4.78 is 5.46. The predicted molar refractivity (Wildman–Crippen MR) is 160 cm³/mol. The van der Waals surface area contributed by atoms with Crippen LogP contribution in [0.15, 0.2) is 59.5 Å². The van der Waals surface area contributed by atoms with Gasteiger partial charge in [-0.25, -0.2) is 9.59 Å². The number of hydrogen-bond donors (Lipinski definition) is 2. The molecule has 0 bridgehead atoms. The van der Waals surface area contributed by atoms with Crippen molar-refractivity contribution in [1.29, 1.82) is 0 Å². The Kier molecular flexibility index (Phi) is 15.8. The molecule has 0 saturated carbocycles. The minimum absolute atomic E-state index is 0.0479. The minimum Gasteiger partial charge on any atom is -0.473 e. The maximum absolute atomic E-state index is 12.0. The standard InChI is InChI=1S/C30H41NO2S.C2H2O4/c1-3-4-5-6-7-8-9-20-30(32)33-23-22-31(2)21-14-18-27-26-16-11-10-15-25(26)24-34-29-19-13-12-17-28(27)29;3-1(4)2(5)6/h10-13,15-19H,3-9,14,20-24H2,1-2H3;(H,3,4)(H,5,6)/b27-18-;. The van der Waals surface area contributed by atoms with Crippen LogP contribution in [-0.4, -0.2) is 59.8 Å². The van der Waals surface area contributed by atoms with Gasteiger partial charge in [0.05, 0.1) is 0 Å². The molecule has 218 valence electrons. The van der Waals surface area contributed by atoms with Crippen molar-refractivity contribution in [3.8, 4) is 0 Å². The monoisotopic (exact) mass is 569 g/mol. The van der Waals surface area contributed by atoms with E-state index in [4.69, 9.17) is 24.5 Å². The third-order valence-corrected chi connectivity index (χ3v) is 7.75. The Morgan fingerprint density at radius 2 is 1.50 bits per heavy atom. The smallest absolute Gasteiger partial charge is 0.414 e. The van der Waals surface area contributed by atoms with Crippen LogP contribution in [0.5, 0.6) is 0 Å². The molecule has 1 aliphatic rings. The van der Waals surface area contributed by atoms with E-state index in [1.54, 1.807) is 0 Å². The van der Waals surface area contributed by atoms with Gasteiger partial charge < -0.3 is 19.8 Å². The Hall–Kier alpha value is -3.10. The van der Waals surface area contributed by atoms with Crippen LogP contribution in [-0.2, 0) is 24.9 Å². The molecule has 0 atom stereocenters. The average Bonchev–Trinajstić information content (AvgIpc) is 3.10. The summed E-state index contributed by atoms with van der Waals surface area (Å²) in [4.78, 5) is 33.8. The van der Waals surface area contributed by atoms with Gasteiger partial charge in [0.1, 0.15) is 6.61 Å². The number of hydrogen-bond acceptors (Lipinski definition) is 6. The number of nitrogens with zero attached hydrogens (tertiary/aromatic N) is 1. The summed E-state index contributed by atoms with van der Waals surface area (Å²) in [5.41, 5.74) is 5.42. The molecule has 2 aromatic rings. The molecule has 0 fully saturated rings. The Labute approximate surface area is 242 Å². The van der Waals surface area contributed by atoms with Crippen molar-refractivity contribution in [2.45, 2.75) is 75.4 Å². The molecule has 0 aliphatic carbocycles. The lowest BCUT2D eigenvalue weighted by Crippen LogP contribution is -2.25. The van der Waals surface area contributed by atoms with Crippen molar-refractivity contribution >= 4 is 35.2 Å². The first-order valence-corrected chi connectivity index (χ1v) is 15.1. The Bertz CT molecular complexity index is 1050. The fourth-order valence-electron chi connectivity index (χ4n) is 4.40. The highest BCUT2D eigenvalue weighted by molar-refractivity contribution is 7.98. The van der Waals surface area contributed by atoms with Crippen molar-refractivity contribution in [3.05, 3.63) is 71.3 Å². The van der Waals surface area contributed by atoms with Crippen LogP contribution >= 0.6 is 11.8 Å². The number of esters is 1. The summed E-state index contributed by atoms with van der Waals surface area (Å²) in [5.74, 6) is -2.69. The quantitative estimate of drug-likeness (QED) is 0.144. The summed E-state index contributed by atoms with van der Waals surface area (Å²) >= 11 is 1.92. The number of likely N-dealkylation sites (N-methyl/N-ethyl adjacent to an activating group) is 1. The molecule has 0 spiro atoms. The van der Waals surface area contributed by atoms with Gasteiger partial charge in [0, 0.05) is 30.2 Å². The third kappa shape index (κ3) is 12.4. The van der Waals surface area contributed by atoms with Crippen LogP contribution in [0, 0.1) is 0 Å². The summed E-state index contributed by atoms with van der Waals surface area (Å²) in [5, 5.41) is 14.8. The van der Waals surface area contributed by atoms with E-state index in [9.17, 15) is 4.79 Å². The first-order chi connectivity index (χ1) is 19.3. The van der Waals surface area contributed by atoms with E-state index in [0.717, 1.165) is 38.1 Å². The number of ether oxygens (including phenoxy) is 1. The molecule has 7 nitrogen and oxygen atoms in total. The molecular formula is C32H43NO6S. The van der Waals surface area contributed by atoms with E-state index >= 15 is 0 Å². The molecule has 1 aliphatic heterocycles. The number of carbonyl (C=O) groups excluding carboxylic acids is 1. The zero-order valence-electron chi connectivity index (χ0n) is 23.8. The molecule has 0 saturated heterocycles. The normalized spacial score (nSPS) is 13.0. The molecule has 3 rings (SSSR count). The fourth-order valence-corrected chi connectivity index (χ4v) is 5.47. The van der Waals surface area contributed by atoms with Crippen LogP contribution in [0.4, 0.5) is 0 Å². The minimum atomic E-state index is -1.82. The summed E-state index contributed by atoms with van der Waals surface area (Å²) in [6.07, 6.45) is 12.4.